The van der Waals surface area contributed by atoms with Gasteiger partial charge in [0.2, 0.25) is 0 Å². The van der Waals surface area contributed by atoms with Crippen molar-refractivity contribution in [1.29, 1.82) is 0 Å². The van der Waals surface area contributed by atoms with E-state index >= 15 is 0 Å². The fourth-order valence-corrected chi connectivity index (χ4v) is 3.82. The molecule has 1 rings (SSSR count). The molecule has 0 unspecified atom stereocenters. The lowest BCUT2D eigenvalue weighted by Crippen LogP contribution is -2.08. The highest BCUT2D eigenvalue weighted by Crippen LogP contribution is 2.23. The zero-order valence-electron chi connectivity index (χ0n) is 13.6. The van der Waals surface area contributed by atoms with Crippen LogP contribution in [0.3, 0.4) is 0 Å². The number of carboxylic acid groups (broad SMARTS) is 1. The largest absolute Gasteiger partial charge is 0.507 e. The molecule has 6 heteroatoms. The van der Waals surface area contributed by atoms with Crippen LogP contribution in [0.2, 0.25) is 0 Å². The Morgan fingerprint density at radius 1 is 1.00 bits per heavy atom. The van der Waals surface area contributed by atoms with Gasteiger partial charge < -0.3 is 10.2 Å². The maximum Gasteiger partial charge on any atom is 0.339 e. The Hall–Kier alpha value is -1.56. The number of sulfone groups is 1. The molecule has 0 spiro atoms. The second-order valence-corrected chi connectivity index (χ2v) is 7.89. The average Bonchev–Trinajstić information content (AvgIpc) is 2.49. The molecule has 0 fully saturated rings. The van der Waals surface area contributed by atoms with Gasteiger partial charge >= 0.3 is 5.97 Å². The third kappa shape index (κ3) is 6.60. The molecule has 0 aliphatic rings. The van der Waals surface area contributed by atoms with Gasteiger partial charge in [-0.2, -0.15) is 0 Å². The van der Waals surface area contributed by atoms with Crippen molar-refractivity contribution in [3.05, 3.63) is 23.8 Å². The van der Waals surface area contributed by atoms with Gasteiger partial charge in [-0.1, -0.05) is 51.9 Å². The molecule has 0 aromatic heterocycles. The van der Waals surface area contributed by atoms with E-state index in [1.165, 1.54) is 31.7 Å². The fourth-order valence-electron chi connectivity index (χ4n) is 2.42. The SMILES string of the molecule is CCCCCCCCCCS(=O)(=O)c1ccc(O)c(C(=O)O)c1. The lowest BCUT2D eigenvalue weighted by molar-refractivity contribution is 0.0693. The van der Waals surface area contributed by atoms with Crippen molar-refractivity contribution in [2.75, 3.05) is 5.75 Å². The minimum absolute atomic E-state index is 0.00575. The molecule has 5 nitrogen and oxygen atoms in total. The predicted octanol–water partition coefficient (Wildman–Crippen LogP) is 4.00. The molecule has 0 saturated carbocycles. The van der Waals surface area contributed by atoms with Gasteiger partial charge in [-0.15, -0.1) is 0 Å². The van der Waals surface area contributed by atoms with Crippen LogP contribution in [0.15, 0.2) is 23.1 Å². The lowest BCUT2D eigenvalue weighted by Gasteiger charge is -2.07. The summed E-state index contributed by atoms with van der Waals surface area (Å²) in [6, 6.07) is 3.39. The summed E-state index contributed by atoms with van der Waals surface area (Å²) in [5.41, 5.74) is -0.387. The predicted molar refractivity (Wildman–Crippen MR) is 89.7 cm³/mol. The quantitative estimate of drug-likeness (QED) is 0.593. The number of carboxylic acids is 1. The smallest absolute Gasteiger partial charge is 0.339 e. The molecule has 0 aliphatic carbocycles. The van der Waals surface area contributed by atoms with Crippen molar-refractivity contribution in [1.82, 2.24) is 0 Å². The van der Waals surface area contributed by atoms with Crippen molar-refractivity contribution in [2.45, 2.75) is 63.2 Å². The fraction of sp³-hybridized carbons (Fsp3) is 0.588. The zero-order valence-corrected chi connectivity index (χ0v) is 14.4. The number of hydrogen-bond donors (Lipinski definition) is 2. The normalized spacial score (nSPS) is 11.5. The van der Waals surface area contributed by atoms with Gasteiger partial charge in [0.15, 0.2) is 9.84 Å². The van der Waals surface area contributed by atoms with Crippen molar-refractivity contribution >= 4 is 15.8 Å². The Kier molecular flexibility index (Phi) is 8.09. The topological polar surface area (TPSA) is 91.7 Å². The summed E-state index contributed by atoms with van der Waals surface area (Å²) in [5, 5.41) is 18.4. The van der Waals surface area contributed by atoms with Crippen LogP contribution in [0.5, 0.6) is 5.75 Å². The summed E-state index contributed by atoms with van der Waals surface area (Å²) >= 11 is 0. The molecule has 130 valence electrons. The second-order valence-electron chi connectivity index (χ2n) is 5.78. The van der Waals surface area contributed by atoms with E-state index in [-0.39, 0.29) is 16.2 Å². The molecule has 0 bridgehead atoms. The Morgan fingerprint density at radius 3 is 2.13 bits per heavy atom. The summed E-state index contributed by atoms with van der Waals surface area (Å²) in [5.74, 6) is -1.76. The first-order chi connectivity index (χ1) is 10.9. The van der Waals surface area contributed by atoms with Gasteiger partial charge in [0.05, 0.1) is 10.6 Å². The monoisotopic (exact) mass is 342 g/mol. The van der Waals surface area contributed by atoms with E-state index in [1.54, 1.807) is 0 Å². The van der Waals surface area contributed by atoms with Gasteiger partial charge in [-0.3, -0.25) is 0 Å². The first kappa shape index (κ1) is 19.5. The average molecular weight is 342 g/mol. The number of carbonyl (C=O) groups is 1. The third-order valence-electron chi connectivity index (χ3n) is 3.82. The van der Waals surface area contributed by atoms with Crippen LogP contribution in [-0.2, 0) is 9.84 Å². The van der Waals surface area contributed by atoms with E-state index in [9.17, 15) is 18.3 Å². The highest BCUT2D eigenvalue weighted by molar-refractivity contribution is 7.91. The van der Waals surface area contributed by atoms with Crippen LogP contribution >= 0.6 is 0 Å². The minimum atomic E-state index is -3.51. The Morgan fingerprint density at radius 2 is 1.57 bits per heavy atom. The van der Waals surface area contributed by atoms with E-state index in [2.05, 4.69) is 6.92 Å². The van der Waals surface area contributed by atoms with E-state index < -0.39 is 21.6 Å². The van der Waals surface area contributed by atoms with Crippen LogP contribution in [0.25, 0.3) is 0 Å². The van der Waals surface area contributed by atoms with Crippen LogP contribution in [-0.4, -0.2) is 30.4 Å². The van der Waals surface area contributed by atoms with Gasteiger partial charge in [0.25, 0.3) is 0 Å². The number of unbranched alkanes of at least 4 members (excludes halogenated alkanes) is 7. The van der Waals surface area contributed by atoms with E-state index in [1.807, 2.05) is 0 Å². The molecular weight excluding hydrogens is 316 g/mol. The van der Waals surface area contributed by atoms with Gasteiger partial charge in [0, 0.05) is 0 Å². The number of aromatic hydroxyl groups is 1. The highest BCUT2D eigenvalue weighted by Gasteiger charge is 2.18. The molecule has 2 N–H and O–H groups in total. The van der Waals surface area contributed by atoms with Crippen molar-refractivity contribution in [3.8, 4) is 5.75 Å². The number of benzene rings is 1. The number of aromatic carboxylic acids is 1. The van der Waals surface area contributed by atoms with E-state index in [0.29, 0.717) is 6.42 Å². The molecular formula is C17H26O5S. The summed E-state index contributed by atoms with van der Waals surface area (Å²) in [6.07, 6.45) is 8.47. The van der Waals surface area contributed by atoms with Crippen molar-refractivity contribution in [3.63, 3.8) is 0 Å². The third-order valence-corrected chi connectivity index (χ3v) is 5.62. The maximum atomic E-state index is 12.2. The van der Waals surface area contributed by atoms with Crippen LogP contribution in [0.1, 0.15) is 68.6 Å². The highest BCUT2D eigenvalue weighted by atomic mass is 32.2. The van der Waals surface area contributed by atoms with E-state index in [4.69, 9.17) is 5.11 Å². The first-order valence-electron chi connectivity index (χ1n) is 8.17. The van der Waals surface area contributed by atoms with Crippen LogP contribution in [0, 0.1) is 0 Å². The number of rotatable bonds is 11. The standard InChI is InChI=1S/C17H26O5S/c1-2-3-4-5-6-7-8-9-12-23(21,22)14-10-11-16(18)15(13-14)17(19)20/h10-11,13,18H,2-9,12H2,1H3,(H,19,20). The van der Waals surface area contributed by atoms with Crippen LogP contribution in [0.4, 0.5) is 0 Å². The molecule has 0 aliphatic heterocycles. The van der Waals surface area contributed by atoms with Gasteiger partial charge in [-0.05, 0) is 24.6 Å². The Labute approximate surface area is 138 Å². The molecule has 0 heterocycles. The molecule has 23 heavy (non-hydrogen) atoms. The number of hydrogen-bond acceptors (Lipinski definition) is 4. The lowest BCUT2D eigenvalue weighted by atomic mass is 10.1. The molecule has 0 radical (unpaired) electrons. The molecule has 0 atom stereocenters. The summed E-state index contributed by atoms with van der Waals surface area (Å²) in [4.78, 5) is 10.9. The molecule has 0 saturated heterocycles. The maximum absolute atomic E-state index is 12.2. The summed E-state index contributed by atoms with van der Waals surface area (Å²) in [7, 11) is -3.51. The van der Waals surface area contributed by atoms with Crippen molar-refractivity contribution < 1.29 is 23.4 Å². The van der Waals surface area contributed by atoms with Crippen molar-refractivity contribution in [2.24, 2.45) is 0 Å². The van der Waals surface area contributed by atoms with Crippen LogP contribution < -0.4 is 0 Å². The molecule has 1 aromatic rings. The summed E-state index contributed by atoms with van der Waals surface area (Å²) in [6.45, 7) is 2.17. The van der Waals surface area contributed by atoms with Gasteiger partial charge in [-0.25, -0.2) is 13.2 Å². The first-order valence-corrected chi connectivity index (χ1v) is 9.82. The minimum Gasteiger partial charge on any atom is -0.507 e. The number of phenols is 1. The Balaban J connectivity index is 2.47. The van der Waals surface area contributed by atoms with E-state index in [0.717, 1.165) is 31.4 Å². The zero-order chi connectivity index (χ0) is 17.3. The van der Waals surface area contributed by atoms with Gasteiger partial charge in [0.1, 0.15) is 11.3 Å². The summed E-state index contributed by atoms with van der Waals surface area (Å²) < 4.78 is 24.4. The molecule has 1 aromatic carbocycles. The second kappa shape index (κ2) is 9.55. The molecule has 0 amide bonds. The Bertz CT molecular complexity index is 607.